The molecule has 206 valence electrons. The van der Waals surface area contributed by atoms with Crippen molar-refractivity contribution in [1.82, 2.24) is 10.3 Å². The van der Waals surface area contributed by atoms with E-state index in [1.807, 2.05) is 18.2 Å². The lowest BCUT2D eigenvalue weighted by Gasteiger charge is -2.40. The van der Waals surface area contributed by atoms with Crippen LogP contribution >= 0.6 is 0 Å². The van der Waals surface area contributed by atoms with Crippen molar-refractivity contribution < 1.29 is 44.2 Å². The number of ether oxygens (including phenoxy) is 4. The minimum absolute atomic E-state index is 0.0827. The molecule has 11 nitrogen and oxygen atoms in total. The van der Waals surface area contributed by atoms with E-state index in [9.17, 15) is 25.2 Å². The van der Waals surface area contributed by atoms with Gasteiger partial charge in [0.2, 0.25) is 6.29 Å². The molecule has 4 heterocycles. The van der Waals surface area contributed by atoms with Gasteiger partial charge in [-0.1, -0.05) is 24.3 Å². The topological polar surface area (TPSA) is 163 Å². The van der Waals surface area contributed by atoms with E-state index in [1.165, 1.54) is 24.3 Å². The van der Waals surface area contributed by atoms with Crippen LogP contribution in [0.5, 0.6) is 0 Å². The molecule has 0 unspecified atom stereocenters. The van der Waals surface area contributed by atoms with Crippen LogP contribution in [0.25, 0.3) is 10.9 Å². The van der Waals surface area contributed by atoms with Crippen LogP contribution < -0.4 is 5.32 Å². The highest BCUT2D eigenvalue weighted by atomic mass is 16.7. The Morgan fingerprint density at radius 1 is 1.18 bits per heavy atom. The molecule has 0 radical (unpaired) electrons. The molecule has 1 aromatic heterocycles. The van der Waals surface area contributed by atoms with Gasteiger partial charge < -0.3 is 49.7 Å². The molecule has 0 saturated carbocycles. The smallest absolute Gasteiger partial charge is 0.337 e. The van der Waals surface area contributed by atoms with Gasteiger partial charge in [0.1, 0.15) is 24.4 Å². The number of hydrogen-bond donors (Lipinski definition) is 6. The average molecular weight is 531 g/mol. The number of aromatic amines is 1. The summed E-state index contributed by atoms with van der Waals surface area (Å²) < 4.78 is 21.9. The van der Waals surface area contributed by atoms with Crippen LogP contribution in [-0.2, 0) is 30.2 Å². The van der Waals surface area contributed by atoms with E-state index in [0.29, 0.717) is 12.0 Å². The zero-order chi connectivity index (χ0) is 27.0. The van der Waals surface area contributed by atoms with Crippen molar-refractivity contribution in [3.05, 3.63) is 60.0 Å². The van der Waals surface area contributed by atoms with Crippen molar-refractivity contribution in [1.29, 1.82) is 0 Å². The molecule has 1 fully saturated rings. The van der Waals surface area contributed by atoms with Crippen molar-refractivity contribution in [2.75, 3.05) is 20.3 Å². The fourth-order valence-corrected chi connectivity index (χ4v) is 5.72. The van der Waals surface area contributed by atoms with Gasteiger partial charge in [-0.25, -0.2) is 4.79 Å². The summed E-state index contributed by atoms with van der Waals surface area (Å²) in [6.07, 6.45) is -4.01. The Hall–Kier alpha value is -2.77. The van der Waals surface area contributed by atoms with E-state index in [4.69, 9.17) is 18.9 Å². The maximum absolute atomic E-state index is 12.7. The van der Waals surface area contributed by atoms with Gasteiger partial charge in [-0.3, -0.25) is 0 Å². The number of aromatic nitrogens is 1. The molecule has 0 spiro atoms. The van der Waals surface area contributed by atoms with Gasteiger partial charge in [0.25, 0.3) is 0 Å². The van der Waals surface area contributed by atoms with Crippen LogP contribution in [0.3, 0.4) is 0 Å². The Morgan fingerprint density at radius 2 is 1.97 bits per heavy atom. The van der Waals surface area contributed by atoms with E-state index < -0.39 is 48.9 Å². The Kier molecular flexibility index (Phi) is 7.87. The summed E-state index contributed by atoms with van der Waals surface area (Å²) in [5, 5.41) is 44.6. The zero-order valence-electron chi connectivity index (χ0n) is 21.0. The third kappa shape index (κ3) is 4.87. The monoisotopic (exact) mass is 530 g/mol. The van der Waals surface area contributed by atoms with Crippen molar-refractivity contribution in [3.8, 4) is 0 Å². The summed E-state index contributed by atoms with van der Waals surface area (Å²) in [6.45, 7) is 4.49. The van der Waals surface area contributed by atoms with Crippen LogP contribution in [0.1, 0.15) is 23.7 Å². The maximum Gasteiger partial charge on any atom is 0.337 e. The summed E-state index contributed by atoms with van der Waals surface area (Å²) in [5.41, 5.74) is 3.74. The Labute approximate surface area is 219 Å². The number of carbonyl (C=O) groups is 1. The molecule has 9 atom stereocenters. The molecule has 1 aromatic carbocycles. The van der Waals surface area contributed by atoms with Gasteiger partial charge in [-0.2, -0.15) is 0 Å². The largest absolute Gasteiger partial charge is 0.471 e. The Bertz CT molecular complexity index is 1200. The third-order valence-electron chi connectivity index (χ3n) is 7.76. The predicted molar refractivity (Wildman–Crippen MR) is 134 cm³/mol. The number of esters is 1. The third-order valence-corrected chi connectivity index (χ3v) is 7.76. The molecule has 11 heteroatoms. The highest BCUT2D eigenvalue weighted by Crippen LogP contribution is 2.41. The van der Waals surface area contributed by atoms with Crippen molar-refractivity contribution in [3.63, 3.8) is 0 Å². The number of aliphatic hydroxyl groups excluding tert-OH is 4. The lowest BCUT2D eigenvalue weighted by molar-refractivity contribution is -0.297. The van der Waals surface area contributed by atoms with Crippen molar-refractivity contribution >= 4 is 16.9 Å². The van der Waals surface area contributed by atoms with Crippen molar-refractivity contribution in [2.45, 2.75) is 55.9 Å². The SMILES string of the molecule is C=C[C@H]1[C@@H](OC[C@@H]2O[C@H](O)[C@@H](O)[C@H](O)[C@H]2O)OC=C(C(=O)OC)[C@@H]1C[C@H]1NCCc2c1[nH]c1ccccc21. The van der Waals surface area contributed by atoms with E-state index >= 15 is 0 Å². The van der Waals surface area contributed by atoms with Crippen molar-refractivity contribution in [2.24, 2.45) is 11.8 Å². The highest BCUT2D eigenvalue weighted by molar-refractivity contribution is 5.89. The van der Waals surface area contributed by atoms with Crippen LogP contribution in [0.4, 0.5) is 0 Å². The lowest BCUT2D eigenvalue weighted by atomic mass is 9.78. The summed E-state index contributed by atoms with van der Waals surface area (Å²) >= 11 is 0. The van der Waals surface area contributed by atoms with Crippen LogP contribution in [-0.4, -0.2) is 88.6 Å². The first-order chi connectivity index (χ1) is 18.3. The fraction of sp³-hybridized carbons (Fsp3) is 0.519. The molecule has 3 aliphatic heterocycles. The number of benzene rings is 1. The zero-order valence-corrected chi connectivity index (χ0v) is 21.0. The number of para-hydroxylation sites is 1. The summed E-state index contributed by atoms with van der Waals surface area (Å²) in [5.74, 6) is -1.38. The van der Waals surface area contributed by atoms with Gasteiger partial charge >= 0.3 is 5.97 Å². The van der Waals surface area contributed by atoms with Gasteiger partial charge in [0, 0.05) is 34.5 Å². The molecule has 1 saturated heterocycles. The quantitative estimate of drug-likeness (QED) is 0.218. The predicted octanol–water partition coefficient (Wildman–Crippen LogP) is 0.393. The second kappa shape index (κ2) is 11.1. The molecular formula is C27H34N2O9. The highest BCUT2D eigenvalue weighted by Gasteiger charge is 2.45. The molecule has 0 bridgehead atoms. The number of carbonyl (C=O) groups excluding carboxylic acids is 1. The minimum atomic E-state index is -1.68. The molecule has 0 aliphatic carbocycles. The van der Waals surface area contributed by atoms with Crippen LogP contribution in [0, 0.1) is 11.8 Å². The number of rotatable bonds is 7. The summed E-state index contributed by atoms with van der Waals surface area (Å²) in [7, 11) is 1.31. The van der Waals surface area contributed by atoms with E-state index in [1.54, 1.807) is 6.08 Å². The lowest BCUT2D eigenvalue weighted by Crippen LogP contribution is -2.59. The Balaban J connectivity index is 1.37. The number of nitrogens with one attached hydrogen (secondary N) is 2. The fourth-order valence-electron chi connectivity index (χ4n) is 5.72. The van der Waals surface area contributed by atoms with Gasteiger partial charge in [-0.05, 0) is 31.0 Å². The first-order valence-electron chi connectivity index (χ1n) is 12.7. The molecule has 6 N–H and O–H groups in total. The van der Waals surface area contributed by atoms with Gasteiger partial charge in [0.05, 0.1) is 25.6 Å². The normalized spacial score (nSPS) is 35.2. The summed E-state index contributed by atoms with van der Waals surface area (Å²) in [4.78, 5) is 16.3. The van der Waals surface area contributed by atoms with E-state index in [2.05, 4.69) is 22.9 Å². The van der Waals surface area contributed by atoms with Gasteiger partial charge in [0.15, 0.2) is 6.29 Å². The molecule has 0 amide bonds. The maximum atomic E-state index is 12.7. The second-order valence-corrected chi connectivity index (χ2v) is 9.91. The molecule has 3 aliphatic rings. The van der Waals surface area contributed by atoms with Gasteiger partial charge in [-0.15, -0.1) is 6.58 Å². The second-order valence-electron chi connectivity index (χ2n) is 9.91. The standard InChI is InChI=1S/C27H34N2O9/c1-3-13-16(10-19-21-15(8-9-28-19)14-6-4-5-7-18(14)29-21)17(25(33)35-2)11-36-27(13)37-12-20-22(30)23(31)24(32)26(34)38-20/h3-7,11,13,16,19-20,22-24,26-32,34H,1,8-10,12H2,2H3/t13-,16-,19-,20+,22+,23-,24+,26+,27-/m1/s1. The number of fused-ring (bicyclic) bond motifs is 3. The number of hydrogen-bond acceptors (Lipinski definition) is 10. The van der Waals surface area contributed by atoms with E-state index in [0.717, 1.165) is 24.2 Å². The molecule has 5 rings (SSSR count). The van der Waals surface area contributed by atoms with Crippen LogP contribution in [0.15, 0.2) is 48.8 Å². The molecular weight excluding hydrogens is 496 g/mol. The van der Waals surface area contributed by atoms with E-state index in [-0.39, 0.29) is 18.6 Å². The average Bonchev–Trinajstić information content (AvgIpc) is 3.32. The summed E-state index contributed by atoms with van der Waals surface area (Å²) in [6, 6.07) is 8.08. The molecule has 38 heavy (non-hydrogen) atoms. The first kappa shape index (κ1) is 26.8. The molecule has 2 aromatic rings. The number of H-pyrrole nitrogens is 1. The first-order valence-corrected chi connectivity index (χ1v) is 12.7. The number of methoxy groups -OCH3 is 1. The number of aliphatic hydroxyl groups is 4. The Morgan fingerprint density at radius 3 is 2.74 bits per heavy atom. The van der Waals surface area contributed by atoms with Crippen LogP contribution in [0.2, 0.25) is 0 Å². The minimum Gasteiger partial charge on any atom is -0.471 e.